The van der Waals surface area contributed by atoms with Gasteiger partial charge in [-0.1, -0.05) is 42.5 Å². The third-order valence-corrected chi connectivity index (χ3v) is 9.42. The second-order valence-corrected chi connectivity index (χ2v) is 12.2. The number of H-pyrrole nitrogens is 1. The largest absolute Gasteiger partial charge is 0.508 e. The lowest BCUT2D eigenvalue weighted by atomic mass is 9.80. The highest BCUT2D eigenvalue weighted by Crippen LogP contribution is 2.32. The Balaban J connectivity index is 1.08. The summed E-state index contributed by atoms with van der Waals surface area (Å²) in [4.78, 5) is 46.1. The van der Waals surface area contributed by atoms with Crippen LogP contribution in [-0.4, -0.2) is 87.2 Å². The third-order valence-electron chi connectivity index (χ3n) is 9.42. The van der Waals surface area contributed by atoms with Crippen LogP contribution in [0.25, 0.3) is 11.4 Å². The van der Waals surface area contributed by atoms with Crippen molar-refractivity contribution < 1.29 is 24.2 Å². The maximum atomic E-state index is 13.8. The molecular formula is C33H41N5O6. The number of nitrogens with zero attached hydrogens (tertiary/aromatic N) is 4. The molecule has 0 spiro atoms. The number of phenolic OH excluding ortho intramolecular Hbond substituents is 1. The number of piperidine rings is 2. The zero-order valence-corrected chi connectivity index (χ0v) is 25.0. The molecule has 0 saturated carbocycles. The van der Waals surface area contributed by atoms with Gasteiger partial charge in [-0.25, -0.2) is 14.3 Å². The van der Waals surface area contributed by atoms with Gasteiger partial charge in [0.25, 0.3) is 5.91 Å². The summed E-state index contributed by atoms with van der Waals surface area (Å²) in [5, 5.41) is 14.3. The standard InChI is InChI=1S/C33H41N5O6/c39-28-8-6-23(7-9-28)22-29(31(40)36-16-10-24(11-17-36)25-14-20-43-21-15-25)44-33(42)37-18-12-27(13-19-37)38-32(41)34-30(35-38)26-4-2-1-3-5-26/h1-9,24-25,27,29,39H,10-22H2,(H,34,35,41)/t29-/m1/s1. The van der Waals surface area contributed by atoms with E-state index < -0.39 is 12.2 Å². The van der Waals surface area contributed by atoms with Crippen molar-refractivity contribution in [2.45, 2.75) is 57.1 Å². The van der Waals surface area contributed by atoms with Crippen LogP contribution in [0.1, 0.15) is 50.1 Å². The van der Waals surface area contributed by atoms with E-state index >= 15 is 0 Å². The Morgan fingerprint density at radius 1 is 0.886 bits per heavy atom. The summed E-state index contributed by atoms with van der Waals surface area (Å²) >= 11 is 0. The van der Waals surface area contributed by atoms with E-state index in [1.54, 1.807) is 29.2 Å². The van der Waals surface area contributed by atoms with Gasteiger partial charge in [0.1, 0.15) is 5.75 Å². The molecule has 3 aliphatic heterocycles. The zero-order chi connectivity index (χ0) is 30.5. The summed E-state index contributed by atoms with van der Waals surface area (Å²) in [6.07, 6.45) is 3.88. The van der Waals surface area contributed by atoms with Gasteiger partial charge in [0, 0.05) is 51.4 Å². The molecule has 3 saturated heterocycles. The van der Waals surface area contributed by atoms with Gasteiger partial charge < -0.3 is 24.4 Å². The van der Waals surface area contributed by atoms with E-state index in [-0.39, 0.29) is 29.8 Å². The van der Waals surface area contributed by atoms with Gasteiger partial charge in [0.15, 0.2) is 11.9 Å². The van der Waals surface area contributed by atoms with Crippen LogP contribution in [0.4, 0.5) is 4.79 Å². The Morgan fingerprint density at radius 3 is 2.20 bits per heavy atom. The van der Waals surface area contributed by atoms with Crippen LogP contribution < -0.4 is 5.69 Å². The topological polar surface area (TPSA) is 130 Å². The summed E-state index contributed by atoms with van der Waals surface area (Å²) in [5.74, 6) is 1.72. The van der Waals surface area contributed by atoms with Crippen LogP contribution in [-0.2, 0) is 20.7 Å². The smallest absolute Gasteiger partial charge is 0.410 e. The number of hydrogen-bond donors (Lipinski definition) is 2. The van der Waals surface area contributed by atoms with Gasteiger partial charge in [0.05, 0.1) is 6.04 Å². The number of amides is 2. The van der Waals surface area contributed by atoms with Crippen molar-refractivity contribution in [1.82, 2.24) is 24.6 Å². The average molecular weight is 604 g/mol. The summed E-state index contributed by atoms with van der Waals surface area (Å²) in [7, 11) is 0. The van der Waals surface area contributed by atoms with Crippen molar-refractivity contribution in [2.24, 2.45) is 11.8 Å². The number of nitrogens with one attached hydrogen (secondary N) is 1. The normalized spacial score (nSPS) is 19.5. The Kier molecular flexibility index (Phi) is 9.30. The molecule has 3 aliphatic rings. The molecule has 2 N–H and O–H groups in total. The van der Waals surface area contributed by atoms with E-state index in [2.05, 4.69) is 10.1 Å². The minimum absolute atomic E-state index is 0.138. The van der Waals surface area contributed by atoms with Gasteiger partial charge in [0.2, 0.25) is 0 Å². The lowest BCUT2D eigenvalue weighted by molar-refractivity contribution is -0.142. The molecule has 1 atom stereocenters. The highest BCUT2D eigenvalue weighted by molar-refractivity contribution is 5.84. The van der Waals surface area contributed by atoms with Gasteiger partial charge in [-0.05, 0) is 68.1 Å². The number of aromatic nitrogens is 3. The van der Waals surface area contributed by atoms with Gasteiger partial charge >= 0.3 is 11.8 Å². The van der Waals surface area contributed by atoms with E-state index in [0.717, 1.165) is 50.0 Å². The number of likely N-dealkylation sites (tertiary alicyclic amines) is 2. The van der Waals surface area contributed by atoms with E-state index in [0.29, 0.717) is 56.7 Å². The van der Waals surface area contributed by atoms with Gasteiger partial charge in [-0.15, -0.1) is 5.10 Å². The first kappa shape index (κ1) is 29.9. The molecule has 3 fully saturated rings. The maximum Gasteiger partial charge on any atom is 0.410 e. The Labute approximate surface area is 256 Å². The van der Waals surface area contributed by atoms with Crippen LogP contribution in [0.3, 0.4) is 0 Å². The fourth-order valence-corrected chi connectivity index (χ4v) is 6.81. The molecule has 2 aromatic carbocycles. The van der Waals surface area contributed by atoms with E-state index in [1.807, 2.05) is 35.2 Å². The van der Waals surface area contributed by atoms with Crippen molar-refractivity contribution in [1.29, 1.82) is 0 Å². The van der Waals surface area contributed by atoms with Crippen molar-refractivity contribution in [3.8, 4) is 17.1 Å². The summed E-state index contributed by atoms with van der Waals surface area (Å²) in [6, 6.07) is 16.0. The quantitative estimate of drug-likeness (QED) is 0.418. The second-order valence-electron chi connectivity index (χ2n) is 12.2. The number of benzene rings is 2. The predicted molar refractivity (Wildman–Crippen MR) is 163 cm³/mol. The number of aromatic amines is 1. The molecule has 1 aromatic heterocycles. The van der Waals surface area contributed by atoms with Crippen LogP contribution >= 0.6 is 0 Å². The predicted octanol–water partition coefficient (Wildman–Crippen LogP) is 3.99. The number of carbonyl (C=O) groups is 2. The monoisotopic (exact) mass is 603 g/mol. The third kappa shape index (κ3) is 6.99. The number of phenols is 1. The first-order valence-corrected chi connectivity index (χ1v) is 15.8. The Morgan fingerprint density at radius 2 is 1.52 bits per heavy atom. The molecule has 2 amide bonds. The number of rotatable bonds is 7. The molecule has 11 nitrogen and oxygen atoms in total. The van der Waals surface area contributed by atoms with E-state index in [1.165, 1.54) is 4.68 Å². The number of hydrogen-bond acceptors (Lipinski definition) is 7. The molecule has 0 bridgehead atoms. The highest BCUT2D eigenvalue weighted by atomic mass is 16.6. The lowest BCUT2D eigenvalue weighted by Crippen LogP contribution is -2.49. The highest BCUT2D eigenvalue weighted by Gasteiger charge is 2.35. The fourth-order valence-electron chi connectivity index (χ4n) is 6.81. The summed E-state index contributed by atoms with van der Waals surface area (Å²) in [5.41, 5.74) is 1.36. The first-order chi connectivity index (χ1) is 21.4. The molecule has 0 radical (unpaired) electrons. The van der Waals surface area contributed by atoms with Crippen molar-refractivity contribution >= 4 is 12.0 Å². The molecule has 234 valence electrons. The maximum absolute atomic E-state index is 13.8. The number of aromatic hydroxyl groups is 1. The number of ether oxygens (including phenoxy) is 2. The van der Waals surface area contributed by atoms with Crippen molar-refractivity contribution in [3.63, 3.8) is 0 Å². The molecule has 6 rings (SSSR count). The minimum atomic E-state index is -0.966. The molecule has 3 aromatic rings. The van der Waals surface area contributed by atoms with E-state index in [9.17, 15) is 19.5 Å². The van der Waals surface area contributed by atoms with Crippen LogP contribution in [0, 0.1) is 11.8 Å². The SMILES string of the molecule is O=C(O[C@H](Cc1ccc(O)cc1)C(=O)N1CCC(C2CCOCC2)CC1)N1CCC(n2nc(-c3ccccc3)[nH]c2=O)CC1. The van der Waals surface area contributed by atoms with Crippen molar-refractivity contribution in [2.75, 3.05) is 39.4 Å². The summed E-state index contributed by atoms with van der Waals surface area (Å²) < 4.78 is 12.9. The van der Waals surface area contributed by atoms with Gasteiger partial charge in [-0.3, -0.25) is 9.78 Å². The zero-order valence-electron chi connectivity index (χ0n) is 25.0. The van der Waals surface area contributed by atoms with Crippen molar-refractivity contribution in [3.05, 3.63) is 70.6 Å². The summed E-state index contributed by atoms with van der Waals surface area (Å²) in [6.45, 7) is 3.72. The Hall–Kier alpha value is -4.12. The van der Waals surface area contributed by atoms with Crippen LogP contribution in [0.2, 0.25) is 0 Å². The molecule has 0 unspecified atom stereocenters. The fraction of sp³-hybridized carbons (Fsp3) is 0.515. The minimum Gasteiger partial charge on any atom is -0.508 e. The molecule has 11 heteroatoms. The van der Waals surface area contributed by atoms with Crippen LogP contribution in [0.5, 0.6) is 5.75 Å². The first-order valence-electron chi connectivity index (χ1n) is 15.8. The van der Waals surface area contributed by atoms with Crippen LogP contribution in [0.15, 0.2) is 59.4 Å². The second kappa shape index (κ2) is 13.7. The number of carbonyl (C=O) groups excluding carboxylic acids is 2. The average Bonchev–Trinajstić information content (AvgIpc) is 3.47. The molecule has 44 heavy (non-hydrogen) atoms. The molecule has 4 heterocycles. The van der Waals surface area contributed by atoms with Gasteiger partial charge in [-0.2, -0.15) is 0 Å². The molecule has 0 aliphatic carbocycles. The van der Waals surface area contributed by atoms with E-state index in [4.69, 9.17) is 9.47 Å². The Bertz CT molecular complexity index is 1450. The lowest BCUT2D eigenvalue weighted by Gasteiger charge is -2.39. The molecular weight excluding hydrogens is 562 g/mol.